The zero-order valence-electron chi connectivity index (χ0n) is 15.9. The molecule has 0 saturated heterocycles. The number of Topliss-reactive ketones (excluding diaryl/α,β-unsaturated/α-hetero) is 1. The van der Waals surface area contributed by atoms with Gasteiger partial charge in [0.2, 0.25) is 11.8 Å². The van der Waals surface area contributed by atoms with E-state index in [1.807, 2.05) is 45.9 Å². The smallest absolute Gasteiger partial charge is 0.240 e. The highest BCUT2D eigenvalue weighted by molar-refractivity contribution is 6.05. The van der Waals surface area contributed by atoms with Crippen molar-refractivity contribution in [3.05, 3.63) is 29.3 Å². The monoisotopic (exact) mass is 357 g/mol. The van der Waals surface area contributed by atoms with E-state index in [1.54, 1.807) is 0 Å². The number of carbonyl (C=O) groups is 3. The summed E-state index contributed by atoms with van der Waals surface area (Å²) in [5.41, 5.74) is 5.91. The maximum atomic E-state index is 12.0. The minimum absolute atomic E-state index is 0.0465. The van der Waals surface area contributed by atoms with Crippen LogP contribution in [0.15, 0.2) is 23.3 Å². The zero-order chi connectivity index (χ0) is 19.3. The minimum Gasteiger partial charge on any atom is -0.326 e. The van der Waals surface area contributed by atoms with Crippen LogP contribution in [0.25, 0.3) is 0 Å². The highest BCUT2D eigenvalue weighted by Gasteiger charge is 2.30. The molecule has 0 bridgehead atoms. The first-order valence-corrected chi connectivity index (χ1v) is 8.88. The molecule has 6 heteroatoms. The first-order chi connectivity index (χ1) is 12.1. The number of hydrogen-bond acceptors (Lipinski definition) is 4. The Morgan fingerprint density at radius 1 is 1.12 bits per heavy atom. The fourth-order valence-corrected chi connectivity index (χ4v) is 3.17. The Bertz CT molecular complexity index is 751. The van der Waals surface area contributed by atoms with E-state index in [-0.39, 0.29) is 42.3 Å². The summed E-state index contributed by atoms with van der Waals surface area (Å²) < 4.78 is 0. The van der Waals surface area contributed by atoms with Gasteiger partial charge >= 0.3 is 0 Å². The maximum absolute atomic E-state index is 12.0. The third-order valence-corrected chi connectivity index (χ3v) is 4.33. The van der Waals surface area contributed by atoms with Crippen LogP contribution in [0.1, 0.15) is 57.1 Å². The van der Waals surface area contributed by atoms with Crippen LogP contribution >= 0.6 is 0 Å². The second-order valence-electron chi connectivity index (χ2n) is 7.81. The molecular formula is C20H27N3O3. The summed E-state index contributed by atoms with van der Waals surface area (Å²) in [6.07, 6.45) is 1.64. The molecule has 0 atom stereocenters. The lowest BCUT2D eigenvalue weighted by Gasteiger charge is -2.28. The topological polar surface area (TPSA) is 87.6 Å². The number of rotatable bonds is 5. The summed E-state index contributed by atoms with van der Waals surface area (Å²) in [4.78, 5) is 35.7. The molecule has 2 rings (SSSR count). The molecule has 0 heterocycles. The van der Waals surface area contributed by atoms with E-state index in [0.717, 1.165) is 16.8 Å². The number of carbonyl (C=O) groups excluding carboxylic acids is 3. The Kier molecular flexibility index (Phi) is 6.29. The van der Waals surface area contributed by atoms with Gasteiger partial charge in [-0.05, 0) is 37.3 Å². The van der Waals surface area contributed by atoms with Crippen LogP contribution < -0.4 is 10.7 Å². The van der Waals surface area contributed by atoms with E-state index in [1.165, 1.54) is 0 Å². The van der Waals surface area contributed by atoms with Gasteiger partial charge in [0.25, 0.3) is 0 Å². The highest BCUT2D eigenvalue weighted by Crippen LogP contribution is 2.31. The van der Waals surface area contributed by atoms with E-state index >= 15 is 0 Å². The van der Waals surface area contributed by atoms with Crippen molar-refractivity contribution in [1.29, 1.82) is 0 Å². The van der Waals surface area contributed by atoms with Crippen LogP contribution in [-0.4, -0.2) is 23.3 Å². The molecule has 1 aliphatic rings. The summed E-state index contributed by atoms with van der Waals surface area (Å²) in [5.74, 6) is -0.403. The summed E-state index contributed by atoms with van der Waals surface area (Å²) in [7, 11) is 0. The van der Waals surface area contributed by atoms with Crippen molar-refractivity contribution >= 4 is 29.0 Å². The molecule has 2 amide bonds. The Labute approximate surface area is 154 Å². The van der Waals surface area contributed by atoms with Gasteiger partial charge in [-0.3, -0.25) is 14.4 Å². The van der Waals surface area contributed by atoms with Gasteiger partial charge in [-0.1, -0.05) is 31.5 Å². The fraction of sp³-hybridized carbons (Fsp3) is 0.500. The van der Waals surface area contributed by atoms with Gasteiger partial charge < -0.3 is 5.32 Å². The van der Waals surface area contributed by atoms with Gasteiger partial charge in [-0.15, -0.1) is 0 Å². The average molecular weight is 357 g/mol. The van der Waals surface area contributed by atoms with E-state index < -0.39 is 0 Å². The number of anilines is 1. The third-order valence-electron chi connectivity index (χ3n) is 4.33. The predicted octanol–water partition coefficient (Wildman–Crippen LogP) is 3.27. The Morgan fingerprint density at radius 3 is 2.46 bits per heavy atom. The van der Waals surface area contributed by atoms with Crippen LogP contribution in [0, 0.1) is 19.3 Å². The van der Waals surface area contributed by atoms with Crippen LogP contribution in [0.5, 0.6) is 0 Å². The standard InChI is InChI=1S/C20H27N3O3/c1-13-5-6-17(14(2)9-13)21-18(25)7-8-19(26)23-22-15-10-16(24)12-20(3,4)11-15/h5-6,9H,7-8,10-12H2,1-4H3,(H,21,25)(H,23,26)/b22-15-. The largest absolute Gasteiger partial charge is 0.326 e. The van der Waals surface area contributed by atoms with Crippen molar-refractivity contribution < 1.29 is 14.4 Å². The molecule has 0 unspecified atom stereocenters. The number of ketones is 1. The summed E-state index contributed by atoms with van der Waals surface area (Å²) >= 11 is 0. The molecule has 6 nitrogen and oxygen atoms in total. The molecular weight excluding hydrogens is 330 g/mol. The van der Waals surface area contributed by atoms with Crippen molar-refractivity contribution in [2.24, 2.45) is 10.5 Å². The number of aryl methyl sites for hydroxylation is 2. The molecule has 0 aliphatic heterocycles. The second kappa shape index (κ2) is 8.25. The lowest BCUT2D eigenvalue weighted by atomic mass is 9.76. The molecule has 1 fully saturated rings. The SMILES string of the molecule is Cc1ccc(NC(=O)CCC(=O)N/N=C2/CC(=O)CC(C)(C)C2)c(C)c1. The Hall–Kier alpha value is -2.50. The van der Waals surface area contributed by atoms with Gasteiger partial charge in [0.15, 0.2) is 0 Å². The fourth-order valence-electron chi connectivity index (χ4n) is 3.17. The number of amides is 2. The summed E-state index contributed by atoms with van der Waals surface area (Å²) in [6, 6.07) is 5.78. The van der Waals surface area contributed by atoms with Crippen LogP contribution in [0.2, 0.25) is 0 Å². The first kappa shape index (κ1) is 19.8. The quantitative estimate of drug-likeness (QED) is 0.793. The number of benzene rings is 1. The van der Waals surface area contributed by atoms with Crippen molar-refractivity contribution in [2.75, 3.05) is 5.32 Å². The van der Waals surface area contributed by atoms with Gasteiger partial charge in [0.05, 0.1) is 0 Å². The van der Waals surface area contributed by atoms with Gasteiger partial charge in [0, 0.05) is 37.1 Å². The van der Waals surface area contributed by atoms with Crippen molar-refractivity contribution in [3.63, 3.8) is 0 Å². The van der Waals surface area contributed by atoms with E-state index in [2.05, 4.69) is 15.8 Å². The van der Waals surface area contributed by atoms with Crippen LogP contribution in [0.4, 0.5) is 5.69 Å². The summed E-state index contributed by atoms with van der Waals surface area (Å²) in [5, 5.41) is 6.89. The van der Waals surface area contributed by atoms with E-state index in [9.17, 15) is 14.4 Å². The zero-order valence-corrected chi connectivity index (χ0v) is 15.9. The number of nitrogens with zero attached hydrogens (tertiary/aromatic N) is 1. The van der Waals surface area contributed by atoms with Crippen LogP contribution in [0.3, 0.4) is 0 Å². The minimum atomic E-state index is -0.330. The van der Waals surface area contributed by atoms with Crippen molar-refractivity contribution in [1.82, 2.24) is 5.43 Å². The van der Waals surface area contributed by atoms with Gasteiger partial charge in [-0.25, -0.2) is 5.43 Å². The first-order valence-electron chi connectivity index (χ1n) is 8.88. The lowest BCUT2D eigenvalue weighted by Crippen LogP contribution is -2.31. The molecule has 1 saturated carbocycles. The Morgan fingerprint density at radius 2 is 1.81 bits per heavy atom. The van der Waals surface area contributed by atoms with E-state index in [0.29, 0.717) is 18.6 Å². The van der Waals surface area contributed by atoms with Gasteiger partial charge in [-0.2, -0.15) is 5.10 Å². The molecule has 0 spiro atoms. The summed E-state index contributed by atoms with van der Waals surface area (Å²) in [6.45, 7) is 7.95. The Balaban J connectivity index is 1.80. The molecule has 140 valence electrons. The molecule has 1 aromatic rings. The molecule has 1 aliphatic carbocycles. The van der Waals surface area contributed by atoms with Crippen molar-refractivity contribution in [2.45, 2.75) is 59.8 Å². The molecule has 26 heavy (non-hydrogen) atoms. The number of nitrogens with one attached hydrogen (secondary N) is 2. The lowest BCUT2D eigenvalue weighted by molar-refractivity contribution is -0.124. The van der Waals surface area contributed by atoms with Crippen molar-refractivity contribution in [3.8, 4) is 0 Å². The second-order valence-corrected chi connectivity index (χ2v) is 7.81. The normalized spacial score (nSPS) is 17.8. The molecule has 0 aromatic heterocycles. The predicted molar refractivity (Wildman–Crippen MR) is 102 cm³/mol. The van der Waals surface area contributed by atoms with Crippen LogP contribution in [-0.2, 0) is 14.4 Å². The van der Waals surface area contributed by atoms with Gasteiger partial charge in [0.1, 0.15) is 5.78 Å². The average Bonchev–Trinajstić information content (AvgIpc) is 2.52. The third kappa shape index (κ3) is 6.10. The highest BCUT2D eigenvalue weighted by atomic mass is 16.2. The van der Waals surface area contributed by atoms with E-state index in [4.69, 9.17) is 0 Å². The molecule has 1 aromatic carbocycles. The number of hydrogen-bond donors (Lipinski definition) is 2. The molecule has 0 radical (unpaired) electrons. The molecule has 2 N–H and O–H groups in total. The maximum Gasteiger partial charge on any atom is 0.240 e. The number of hydrazone groups is 1.